The summed E-state index contributed by atoms with van der Waals surface area (Å²) in [5.41, 5.74) is 1.27. The summed E-state index contributed by atoms with van der Waals surface area (Å²) in [6.07, 6.45) is 1.99. The van der Waals surface area contributed by atoms with Crippen molar-refractivity contribution in [2.75, 3.05) is 17.3 Å². The molecule has 0 aliphatic heterocycles. The highest BCUT2D eigenvalue weighted by Crippen LogP contribution is 2.22. The van der Waals surface area contributed by atoms with E-state index in [0.717, 1.165) is 10.6 Å². The normalized spacial score (nSPS) is 11.7. The van der Waals surface area contributed by atoms with Crippen molar-refractivity contribution in [3.05, 3.63) is 64.9 Å². The van der Waals surface area contributed by atoms with E-state index in [1.165, 1.54) is 11.8 Å². The molecule has 0 saturated carbocycles. The molecule has 31 heavy (non-hydrogen) atoms. The number of hydrogen-bond donors (Lipinski definition) is 2. The molecule has 0 fully saturated rings. The van der Waals surface area contributed by atoms with E-state index >= 15 is 0 Å². The van der Waals surface area contributed by atoms with E-state index in [1.54, 1.807) is 40.6 Å². The Morgan fingerprint density at radius 3 is 2.61 bits per heavy atom. The van der Waals surface area contributed by atoms with Crippen molar-refractivity contribution >= 4 is 52.6 Å². The zero-order valence-electron chi connectivity index (χ0n) is 17.3. The molecule has 0 aliphatic carbocycles. The maximum atomic E-state index is 12.4. The first kappa shape index (κ1) is 23.2. The molecule has 2 N–H and O–H groups in total. The Balaban J connectivity index is 1.57. The van der Waals surface area contributed by atoms with Crippen LogP contribution in [0.2, 0.25) is 5.02 Å². The summed E-state index contributed by atoms with van der Waals surface area (Å²) in [4.78, 5) is 25.8. The molecule has 2 aromatic carbocycles. The molecule has 162 valence electrons. The molecule has 0 bridgehead atoms. The van der Waals surface area contributed by atoms with Crippen LogP contribution in [0.1, 0.15) is 29.1 Å². The minimum absolute atomic E-state index is 0.128. The van der Waals surface area contributed by atoms with Crippen molar-refractivity contribution in [2.45, 2.75) is 23.0 Å². The largest absolute Gasteiger partial charge is 0.342 e. The third kappa shape index (κ3) is 6.25. The SMILES string of the molecule is CSc1cccc(NC(=O)CSc2nnc([C@@H](C)NC(=O)c3ccc(Cl)cc3)n2C)c1. The summed E-state index contributed by atoms with van der Waals surface area (Å²) < 4.78 is 1.78. The molecule has 0 radical (unpaired) electrons. The van der Waals surface area contributed by atoms with Crippen LogP contribution in [0.3, 0.4) is 0 Å². The van der Waals surface area contributed by atoms with Gasteiger partial charge in [-0.05, 0) is 55.6 Å². The molecule has 3 aromatic rings. The Bertz CT molecular complexity index is 1070. The van der Waals surface area contributed by atoms with E-state index in [1.807, 2.05) is 44.5 Å². The van der Waals surface area contributed by atoms with E-state index in [9.17, 15) is 9.59 Å². The lowest BCUT2D eigenvalue weighted by Gasteiger charge is -2.13. The van der Waals surface area contributed by atoms with Crippen molar-refractivity contribution in [1.29, 1.82) is 0 Å². The smallest absolute Gasteiger partial charge is 0.251 e. The van der Waals surface area contributed by atoms with Gasteiger partial charge in [0, 0.05) is 28.2 Å². The molecule has 7 nitrogen and oxygen atoms in total. The van der Waals surface area contributed by atoms with E-state index < -0.39 is 0 Å². The standard InChI is InChI=1S/C21H22ClN5O2S2/c1-13(23-20(29)14-7-9-15(22)10-8-14)19-25-26-21(27(19)2)31-12-18(28)24-16-5-4-6-17(11-16)30-3/h4-11,13H,12H2,1-3H3,(H,23,29)(H,24,28)/t13-/m1/s1. The molecule has 1 atom stereocenters. The summed E-state index contributed by atoms with van der Waals surface area (Å²) in [5, 5.41) is 15.3. The highest BCUT2D eigenvalue weighted by Gasteiger charge is 2.19. The maximum absolute atomic E-state index is 12.4. The number of thioether (sulfide) groups is 2. The average Bonchev–Trinajstić information content (AvgIpc) is 3.13. The van der Waals surface area contributed by atoms with Gasteiger partial charge in [-0.1, -0.05) is 29.4 Å². The average molecular weight is 476 g/mol. The van der Waals surface area contributed by atoms with Gasteiger partial charge in [0.2, 0.25) is 5.91 Å². The second kappa shape index (κ2) is 10.7. The van der Waals surface area contributed by atoms with Gasteiger partial charge in [0.1, 0.15) is 0 Å². The van der Waals surface area contributed by atoms with Crippen LogP contribution in [0.15, 0.2) is 58.6 Å². The quantitative estimate of drug-likeness (QED) is 0.469. The van der Waals surface area contributed by atoms with E-state index in [2.05, 4.69) is 20.8 Å². The van der Waals surface area contributed by atoms with Crippen LogP contribution in [0.25, 0.3) is 0 Å². The number of benzene rings is 2. The second-order valence-electron chi connectivity index (χ2n) is 6.67. The molecule has 1 aromatic heterocycles. The lowest BCUT2D eigenvalue weighted by Crippen LogP contribution is -2.28. The number of amides is 2. The number of anilines is 1. The number of hydrogen-bond acceptors (Lipinski definition) is 6. The molecule has 0 saturated heterocycles. The van der Waals surface area contributed by atoms with Crippen LogP contribution in [-0.2, 0) is 11.8 Å². The first-order valence-corrected chi connectivity index (χ1v) is 12.0. The van der Waals surface area contributed by atoms with Crippen LogP contribution < -0.4 is 10.6 Å². The van der Waals surface area contributed by atoms with Crippen LogP contribution in [0.5, 0.6) is 0 Å². The number of carbonyl (C=O) groups excluding carboxylic acids is 2. The van der Waals surface area contributed by atoms with Crippen LogP contribution in [-0.4, -0.2) is 38.6 Å². The highest BCUT2D eigenvalue weighted by molar-refractivity contribution is 7.99. The third-order valence-corrected chi connectivity index (χ3v) is 6.39. The number of aromatic nitrogens is 3. The Labute approximate surface area is 194 Å². The highest BCUT2D eigenvalue weighted by atomic mass is 35.5. The Kier molecular flexibility index (Phi) is 8.00. The van der Waals surface area contributed by atoms with Gasteiger partial charge in [0.25, 0.3) is 5.91 Å². The minimum atomic E-state index is -0.363. The molecule has 10 heteroatoms. The van der Waals surface area contributed by atoms with Gasteiger partial charge >= 0.3 is 0 Å². The van der Waals surface area contributed by atoms with Crippen molar-refractivity contribution in [3.8, 4) is 0 Å². The van der Waals surface area contributed by atoms with Crippen LogP contribution >= 0.6 is 35.1 Å². The van der Waals surface area contributed by atoms with Gasteiger partial charge in [-0.2, -0.15) is 0 Å². The van der Waals surface area contributed by atoms with Crippen molar-refractivity contribution in [3.63, 3.8) is 0 Å². The van der Waals surface area contributed by atoms with Gasteiger partial charge < -0.3 is 15.2 Å². The summed E-state index contributed by atoms with van der Waals surface area (Å²) >= 11 is 8.77. The number of nitrogens with zero attached hydrogens (tertiary/aromatic N) is 3. The third-order valence-electron chi connectivity index (χ3n) is 4.40. The maximum Gasteiger partial charge on any atom is 0.251 e. The molecule has 2 amide bonds. The van der Waals surface area contributed by atoms with Crippen molar-refractivity contribution < 1.29 is 9.59 Å². The van der Waals surface area contributed by atoms with E-state index in [4.69, 9.17) is 11.6 Å². The van der Waals surface area contributed by atoms with Gasteiger partial charge in [-0.25, -0.2) is 0 Å². The van der Waals surface area contributed by atoms with Gasteiger partial charge in [-0.15, -0.1) is 22.0 Å². The molecule has 0 aliphatic rings. The summed E-state index contributed by atoms with van der Waals surface area (Å²) in [7, 11) is 1.81. The van der Waals surface area contributed by atoms with Crippen molar-refractivity contribution in [2.24, 2.45) is 7.05 Å². The van der Waals surface area contributed by atoms with Gasteiger partial charge in [0.15, 0.2) is 11.0 Å². The lowest BCUT2D eigenvalue weighted by atomic mass is 10.2. The van der Waals surface area contributed by atoms with Gasteiger partial charge in [0.05, 0.1) is 11.8 Å². The predicted octanol–water partition coefficient (Wildman–Crippen LogP) is 4.41. The Hall–Kier alpha value is -2.49. The lowest BCUT2D eigenvalue weighted by molar-refractivity contribution is -0.113. The number of rotatable bonds is 8. The summed E-state index contributed by atoms with van der Waals surface area (Å²) in [6, 6.07) is 14.0. The zero-order valence-corrected chi connectivity index (χ0v) is 19.6. The predicted molar refractivity (Wildman–Crippen MR) is 126 cm³/mol. The zero-order chi connectivity index (χ0) is 22.4. The fraction of sp³-hybridized carbons (Fsp3) is 0.238. The second-order valence-corrected chi connectivity index (χ2v) is 8.93. The van der Waals surface area contributed by atoms with Crippen LogP contribution in [0, 0.1) is 0 Å². The topological polar surface area (TPSA) is 88.9 Å². The Morgan fingerprint density at radius 1 is 1.16 bits per heavy atom. The van der Waals surface area contributed by atoms with E-state index in [-0.39, 0.29) is 23.6 Å². The Morgan fingerprint density at radius 2 is 1.90 bits per heavy atom. The molecule has 0 spiro atoms. The van der Waals surface area contributed by atoms with E-state index in [0.29, 0.717) is 21.6 Å². The fourth-order valence-corrected chi connectivity index (χ4v) is 4.11. The number of halogens is 1. The van der Waals surface area contributed by atoms with Crippen LogP contribution in [0.4, 0.5) is 5.69 Å². The van der Waals surface area contributed by atoms with Crippen molar-refractivity contribution in [1.82, 2.24) is 20.1 Å². The molecular formula is C21H22ClN5O2S2. The fourth-order valence-electron chi connectivity index (χ4n) is 2.80. The van der Waals surface area contributed by atoms with Gasteiger partial charge in [-0.3, -0.25) is 9.59 Å². The first-order chi connectivity index (χ1) is 14.9. The molecular weight excluding hydrogens is 454 g/mol. The summed E-state index contributed by atoms with van der Waals surface area (Å²) in [5.74, 6) is 0.434. The number of nitrogens with one attached hydrogen (secondary N) is 2. The monoisotopic (exact) mass is 475 g/mol. The summed E-state index contributed by atoms with van der Waals surface area (Å²) in [6.45, 7) is 1.83. The molecule has 3 rings (SSSR count). The first-order valence-electron chi connectivity index (χ1n) is 9.40. The molecule has 0 unspecified atom stereocenters. The molecule has 1 heterocycles. The minimum Gasteiger partial charge on any atom is -0.342 e. The number of carbonyl (C=O) groups is 2.